The number of esters is 1. The normalized spacial score (nSPS) is 15.3. The molecule has 1 amide bonds. The van der Waals surface area contributed by atoms with Crippen LogP contribution in [0.15, 0.2) is 47.4 Å². The summed E-state index contributed by atoms with van der Waals surface area (Å²) in [4.78, 5) is 24.9. The predicted octanol–water partition coefficient (Wildman–Crippen LogP) is 1.84. The lowest BCUT2D eigenvalue weighted by atomic mass is 10.1. The van der Waals surface area contributed by atoms with Crippen molar-refractivity contribution in [2.75, 3.05) is 45.8 Å². The highest BCUT2D eigenvalue weighted by atomic mass is 32.2. The number of nitrogens with zero attached hydrogens (tertiary/aromatic N) is 1. The van der Waals surface area contributed by atoms with Gasteiger partial charge in [-0.05, 0) is 37.3 Å². The zero-order chi connectivity index (χ0) is 24.7. The van der Waals surface area contributed by atoms with E-state index in [2.05, 4.69) is 5.32 Å². The maximum absolute atomic E-state index is 12.7. The molecule has 1 N–H and O–H groups in total. The first-order chi connectivity index (χ1) is 16.2. The average molecular weight is 493 g/mol. The predicted molar refractivity (Wildman–Crippen MR) is 123 cm³/mol. The summed E-state index contributed by atoms with van der Waals surface area (Å²) in [5.74, 6) is -0.0806. The van der Waals surface area contributed by atoms with Crippen LogP contribution in [0.25, 0.3) is 0 Å². The van der Waals surface area contributed by atoms with E-state index in [0.29, 0.717) is 49.1 Å². The Balaban J connectivity index is 1.56. The third kappa shape index (κ3) is 6.25. The van der Waals surface area contributed by atoms with Crippen molar-refractivity contribution >= 4 is 27.6 Å². The standard InChI is InChI=1S/C23H28N2O8S/c1-16(33-22(26)14-17-4-7-19(30-2)15-21(17)31-3)23(27)24-18-5-8-20(9-6-18)34(28,29)25-10-12-32-13-11-25/h4-9,15-16H,10-14H2,1-3H3,(H,24,27). The highest BCUT2D eigenvalue weighted by molar-refractivity contribution is 7.89. The molecule has 11 heteroatoms. The summed E-state index contributed by atoms with van der Waals surface area (Å²) >= 11 is 0. The number of benzene rings is 2. The van der Waals surface area contributed by atoms with Crippen LogP contribution in [0.2, 0.25) is 0 Å². The molecule has 2 aromatic carbocycles. The van der Waals surface area contributed by atoms with Crippen molar-refractivity contribution in [1.82, 2.24) is 4.31 Å². The van der Waals surface area contributed by atoms with Gasteiger partial charge < -0.3 is 24.3 Å². The fourth-order valence-electron chi connectivity index (χ4n) is 3.34. The molecule has 34 heavy (non-hydrogen) atoms. The minimum Gasteiger partial charge on any atom is -0.497 e. The summed E-state index contributed by atoms with van der Waals surface area (Å²) in [7, 11) is -0.616. The van der Waals surface area contributed by atoms with E-state index in [0.717, 1.165) is 0 Å². The van der Waals surface area contributed by atoms with E-state index in [9.17, 15) is 18.0 Å². The van der Waals surface area contributed by atoms with Crippen LogP contribution < -0.4 is 14.8 Å². The maximum atomic E-state index is 12.7. The number of anilines is 1. The van der Waals surface area contributed by atoms with Gasteiger partial charge in [0.15, 0.2) is 6.10 Å². The van der Waals surface area contributed by atoms with E-state index >= 15 is 0 Å². The van der Waals surface area contributed by atoms with E-state index in [-0.39, 0.29) is 11.3 Å². The van der Waals surface area contributed by atoms with Gasteiger partial charge >= 0.3 is 5.97 Å². The molecule has 1 fully saturated rings. The smallest absolute Gasteiger partial charge is 0.311 e. The van der Waals surface area contributed by atoms with Crippen LogP contribution in [0.5, 0.6) is 11.5 Å². The number of hydrogen-bond donors (Lipinski definition) is 1. The molecule has 0 saturated carbocycles. The average Bonchev–Trinajstić information content (AvgIpc) is 2.85. The summed E-state index contributed by atoms with van der Waals surface area (Å²) in [6.45, 7) is 2.76. The first-order valence-corrected chi connectivity index (χ1v) is 12.1. The quantitative estimate of drug-likeness (QED) is 0.527. The van der Waals surface area contributed by atoms with Gasteiger partial charge in [0.05, 0.1) is 38.7 Å². The van der Waals surface area contributed by atoms with Gasteiger partial charge in [0.1, 0.15) is 11.5 Å². The van der Waals surface area contributed by atoms with Gasteiger partial charge in [0.25, 0.3) is 5.91 Å². The summed E-state index contributed by atoms with van der Waals surface area (Å²) < 4.78 is 47.6. The van der Waals surface area contributed by atoms with Crippen molar-refractivity contribution in [3.63, 3.8) is 0 Å². The number of nitrogens with one attached hydrogen (secondary N) is 1. The van der Waals surface area contributed by atoms with Crippen LogP contribution in [0.4, 0.5) is 5.69 Å². The summed E-state index contributed by atoms with van der Waals surface area (Å²) in [5, 5.41) is 2.62. The van der Waals surface area contributed by atoms with Crippen molar-refractivity contribution < 1.29 is 37.0 Å². The molecule has 1 atom stereocenters. The van der Waals surface area contributed by atoms with Crippen LogP contribution in [-0.4, -0.2) is 71.2 Å². The van der Waals surface area contributed by atoms with Gasteiger partial charge in [-0.2, -0.15) is 4.31 Å². The Morgan fingerprint density at radius 2 is 1.74 bits per heavy atom. The molecular formula is C23H28N2O8S. The van der Waals surface area contributed by atoms with Gasteiger partial charge in [0, 0.05) is 30.4 Å². The van der Waals surface area contributed by atoms with Crippen molar-refractivity contribution in [2.45, 2.75) is 24.3 Å². The van der Waals surface area contributed by atoms with Crippen molar-refractivity contribution in [2.24, 2.45) is 0 Å². The Bertz CT molecular complexity index is 1110. The van der Waals surface area contributed by atoms with Gasteiger partial charge in [-0.25, -0.2) is 8.42 Å². The number of ether oxygens (including phenoxy) is 4. The molecule has 0 aliphatic carbocycles. The zero-order valence-electron chi connectivity index (χ0n) is 19.3. The maximum Gasteiger partial charge on any atom is 0.311 e. The molecule has 184 valence electrons. The van der Waals surface area contributed by atoms with Crippen molar-refractivity contribution in [1.29, 1.82) is 0 Å². The molecule has 1 aliphatic heterocycles. The Kier molecular flexibility index (Phi) is 8.48. The van der Waals surface area contributed by atoms with Gasteiger partial charge in [-0.15, -0.1) is 0 Å². The van der Waals surface area contributed by atoms with Crippen LogP contribution in [0.1, 0.15) is 12.5 Å². The van der Waals surface area contributed by atoms with Gasteiger partial charge in [-0.3, -0.25) is 9.59 Å². The van der Waals surface area contributed by atoms with Gasteiger partial charge in [-0.1, -0.05) is 6.07 Å². The number of methoxy groups -OCH3 is 2. The Morgan fingerprint density at radius 1 is 1.06 bits per heavy atom. The Hall–Kier alpha value is -3.15. The molecule has 0 radical (unpaired) electrons. The molecule has 1 saturated heterocycles. The van der Waals surface area contributed by atoms with Gasteiger partial charge in [0.2, 0.25) is 10.0 Å². The molecule has 1 unspecified atom stereocenters. The highest BCUT2D eigenvalue weighted by Gasteiger charge is 2.26. The first kappa shape index (κ1) is 25.5. The third-order valence-corrected chi connectivity index (χ3v) is 7.15. The lowest BCUT2D eigenvalue weighted by Gasteiger charge is -2.26. The van der Waals surface area contributed by atoms with E-state index in [1.807, 2.05) is 0 Å². The second kappa shape index (κ2) is 11.3. The molecule has 3 rings (SSSR count). The van der Waals surface area contributed by atoms with E-state index in [1.165, 1.54) is 49.7 Å². The topological polar surface area (TPSA) is 120 Å². The molecule has 1 aliphatic rings. The Morgan fingerprint density at radius 3 is 2.35 bits per heavy atom. The molecule has 0 aromatic heterocycles. The molecule has 2 aromatic rings. The molecule has 1 heterocycles. The van der Waals surface area contributed by atoms with E-state index in [4.69, 9.17) is 18.9 Å². The second-order valence-corrected chi connectivity index (χ2v) is 9.45. The summed E-state index contributed by atoms with van der Waals surface area (Å²) in [6.07, 6.45) is -1.15. The SMILES string of the molecule is COc1ccc(CC(=O)OC(C)C(=O)Nc2ccc(S(=O)(=O)N3CCOCC3)cc2)c(OC)c1. The number of sulfonamides is 1. The number of amides is 1. The van der Waals surface area contributed by atoms with Crippen LogP contribution in [0.3, 0.4) is 0 Å². The minimum atomic E-state index is -3.63. The van der Waals surface area contributed by atoms with Crippen molar-refractivity contribution in [3.8, 4) is 11.5 Å². The number of rotatable bonds is 9. The third-order valence-electron chi connectivity index (χ3n) is 5.24. The Labute approximate surface area is 198 Å². The number of morpholine rings is 1. The van der Waals surface area contributed by atoms with E-state index < -0.39 is 28.0 Å². The lowest BCUT2D eigenvalue weighted by Crippen LogP contribution is -2.40. The first-order valence-electron chi connectivity index (χ1n) is 10.6. The number of carbonyl (C=O) groups is 2. The second-order valence-electron chi connectivity index (χ2n) is 7.52. The van der Waals surface area contributed by atoms with Crippen molar-refractivity contribution in [3.05, 3.63) is 48.0 Å². The lowest BCUT2D eigenvalue weighted by molar-refractivity contribution is -0.152. The zero-order valence-corrected chi connectivity index (χ0v) is 20.1. The molecule has 0 spiro atoms. The summed E-state index contributed by atoms with van der Waals surface area (Å²) in [5.41, 5.74) is 0.976. The molecule has 0 bridgehead atoms. The monoisotopic (exact) mass is 492 g/mol. The largest absolute Gasteiger partial charge is 0.497 e. The summed E-state index contributed by atoms with van der Waals surface area (Å²) in [6, 6.07) is 10.9. The number of carbonyl (C=O) groups excluding carboxylic acids is 2. The fourth-order valence-corrected chi connectivity index (χ4v) is 4.74. The van der Waals surface area contributed by atoms with Crippen LogP contribution in [0, 0.1) is 0 Å². The van der Waals surface area contributed by atoms with E-state index in [1.54, 1.807) is 18.2 Å². The molecular weight excluding hydrogens is 464 g/mol. The molecule has 10 nitrogen and oxygen atoms in total. The van der Waals surface area contributed by atoms with Crippen LogP contribution >= 0.6 is 0 Å². The fraction of sp³-hybridized carbons (Fsp3) is 0.391. The van der Waals surface area contributed by atoms with Crippen LogP contribution in [-0.2, 0) is 35.5 Å². The highest BCUT2D eigenvalue weighted by Crippen LogP contribution is 2.25. The number of hydrogen-bond acceptors (Lipinski definition) is 8. The minimum absolute atomic E-state index is 0.0844.